The molecule has 0 aliphatic heterocycles. The lowest BCUT2D eigenvalue weighted by molar-refractivity contribution is 0.571. The average Bonchev–Trinajstić information content (AvgIpc) is 3.47. The maximum Gasteiger partial charge on any atom is 0.291 e. The minimum atomic E-state index is -0.237. The van der Waals surface area contributed by atoms with Gasteiger partial charge in [-0.15, -0.1) is 5.10 Å². The Labute approximate surface area is 203 Å². The van der Waals surface area contributed by atoms with E-state index < -0.39 is 0 Å². The molecule has 166 valence electrons. The Balaban J connectivity index is 1.48. The van der Waals surface area contributed by atoms with Crippen LogP contribution in [0.25, 0.3) is 33.7 Å². The predicted octanol–water partition coefficient (Wildman–Crippen LogP) is 6.23. The highest BCUT2D eigenvalue weighted by molar-refractivity contribution is 7.15. The van der Waals surface area contributed by atoms with Gasteiger partial charge >= 0.3 is 0 Å². The van der Waals surface area contributed by atoms with E-state index in [9.17, 15) is 4.79 Å². The molecule has 0 aliphatic carbocycles. The van der Waals surface area contributed by atoms with Crippen LogP contribution in [0.4, 0.5) is 0 Å². The number of hydrogen-bond acceptors (Lipinski definition) is 5. The van der Waals surface area contributed by atoms with Gasteiger partial charge in [0.2, 0.25) is 4.96 Å². The van der Waals surface area contributed by atoms with Gasteiger partial charge in [0.15, 0.2) is 5.82 Å². The lowest BCUT2D eigenvalue weighted by Crippen LogP contribution is -2.23. The summed E-state index contributed by atoms with van der Waals surface area (Å²) in [5, 5.41) is 5.53. The minimum Gasteiger partial charge on any atom is -0.457 e. The molecule has 0 radical (unpaired) electrons. The molecule has 5 nitrogen and oxygen atoms in total. The van der Waals surface area contributed by atoms with Gasteiger partial charge in [0.25, 0.3) is 5.56 Å². The highest BCUT2D eigenvalue weighted by Crippen LogP contribution is 2.32. The van der Waals surface area contributed by atoms with Gasteiger partial charge in [-0.2, -0.15) is 9.50 Å². The van der Waals surface area contributed by atoms with Gasteiger partial charge in [-0.05, 0) is 41.3 Å². The van der Waals surface area contributed by atoms with Crippen molar-refractivity contribution in [1.29, 1.82) is 0 Å². The first-order valence-corrected chi connectivity index (χ1v) is 11.8. The number of fused-ring (bicyclic) bond motifs is 1. The fourth-order valence-corrected chi connectivity index (χ4v) is 4.74. The third-order valence-corrected chi connectivity index (χ3v) is 6.81. The highest BCUT2D eigenvalue weighted by atomic mass is 35.5. The summed E-state index contributed by atoms with van der Waals surface area (Å²) in [6, 6.07) is 16.9. The molecule has 0 N–H and O–H groups in total. The number of thiazole rings is 1. The van der Waals surface area contributed by atoms with Gasteiger partial charge in [-0.1, -0.05) is 79.6 Å². The second-order valence-electron chi connectivity index (χ2n) is 8.70. The van der Waals surface area contributed by atoms with Crippen LogP contribution in [0.2, 0.25) is 10.0 Å². The van der Waals surface area contributed by atoms with Crippen molar-refractivity contribution < 1.29 is 4.42 Å². The zero-order valence-corrected chi connectivity index (χ0v) is 20.4. The molecule has 0 spiro atoms. The topological polar surface area (TPSA) is 60.4 Å². The third kappa shape index (κ3) is 4.22. The van der Waals surface area contributed by atoms with E-state index in [2.05, 4.69) is 43.0 Å². The maximum atomic E-state index is 12.9. The zero-order valence-electron chi connectivity index (χ0n) is 18.1. The van der Waals surface area contributed by atoms with Crippen molar-refractivity contribution in [3.05, 3.63) is 90.9 Å². The van der Waals surface area contributed by atoms with Crippen molar-refractivity contribution in [2.45, 2.75) is 26.2 Å². The Morgan fingerprint density at radius 3 is 2.48 bits per heavy atom. The zero-order chi connectivity index (χ0) is 23.3. The van der Waals surface area contributed by atoms with Gasteiger partial charge in [-0.3, -0.25) is 4.79 Å². The number of aromatic nitrogens is 3. The minimum absolute atomic E-state index is 0.0667. The fraction of sp³-hybridized carbons (Fsp3) is 0.160. The lowest BCUT2D eigenvalue weighted by atomic mass is 9.87. The molecule has 0 aliphatic rings. The SMILES string of the molecule is CC(C)(C)c1ccc(-c2nc3s/c(=C\c4ccc(-c5cc(Cl)ccc5Cl)o4)c(=O)n3n2)cc1. The second kappa shape index (κ2) is 8.13. The molecule has 0 fully saturated rings. The molecule has 3 aromatic heterocycles. The summed E-state index contributed by atoms with van der Waals surface area (Å²) in [6.45, 7) is 6.50. The molecule has 0 atom stereocenters. The summed E-state index contributed by atoms with van der Waals surface area (Å²) < 4.78 is 7.71. The Kier molecular flexibility index (Phi) is 5.40. The van der Waals surface area contributed by atoms with E-state index >= 15 is 0 Å². The van der Waals surface area contributed by atoms with E-state index in [1.165, 1.54) is 21.4 Å². The van der Waals surface area contributed by atoms with E-state index in [1.807, 2.05) is 12.1 Å². The van der Waals surface area contributed by atoms with Gasteiger partial charge in [0.1, 0.15) is 16.1 Å². The van der Waals surface area contributed by atoms with Crippen LogP contribution in [0.5, 0.6) is 0 Å². The quantitative estimate of drug-likeness (QED) is 0.297. The van der Waals surface area contributed by atoms with Crippen LogP contribution in [-0.2, 0) is 5.41 Å². The van der Waals surface area contributed by atoms with Gasteiger partial charge < -0.3 is 4.42 Å². The molecule has 5 aromatic rings. The third-order valence-electron chi connectivity index (χ3n) is 5.28. The summed E-state index contributed by atoms with van der Waals surface area (Å²) in [5.41, 5.74) is 2.62. The molecule has 0 amide bonds. The van der Waals surface area contributed by atoms with Crippen molar-refractivity contribution >= 4 is 45.6 Å². The van der Waals surface area contributed by atoms with Crippen molar-refractivity contribution in [3.63, 3.8) is 0 Å². The molecule has 5 rings (SSSR count). The standard InChI is InChI=1S/C25H19Cl2N3O2S/c1-25(2,3)15-6-4-14(5-7-15)22-28-24-30(29-22)23(31)21(33-24)13-17-9-11-20(32-17)18-12-16(26)8-10-19(18)27/h4-13H,1-3H3/b21-13-. The largest absolute Gasteiger partial charge is 0.457 e. The van der Waals surface area contributed by atoms with Crippen molar-refractivity contribution in [2.24, 2.45) is 0 Å². The van der Waals surface area contributed by atoms with Crippen LogP contribution in [0.3, 0.4) is 0 Å². The van der Waals surface area contributed by atoms with Crippen molar-refractivity contribution in [3.8, 4) is 22.7 Å². The van der Waals surface area contributed by atoms with E-state index in [0.717, 1.165) is 5.56 Å². The van der Waals surface area contributed by atoms with Crippen molar-refractivity contribution in [2.75, 3.05) is 0 Å². The Bertz CT molecular complexity index is 1590. The molecule has 3 heterocycles. The highest BCUT2D eigenvalue weighted by Gasteiger charge is 2.16. The second-order valence-corrected chi connectivity index (χ2v) is 10.6. The first kappa shape index (κ1) is 21.9. The number of rotatable bonds is 3. The molecule has 33 heavy (non-hydrogen) atoms. The van der Waals surface area contributed by atoms with Crippen LogP contribution in [0.15, 0.2) is 63.8 Å². The normalized spacial score (nSPS) is 12.7. The van der Waals surface area contributed by atoms with E-state index in [0.29, 0.717) is 42.4 Å². The Morgan fingerprint density at radius 2 is 1.79 bits per heavy atom. The number of nitrogens with zero attached hydrogens (tertiary/aromatic N) is 3. The summed E-state index contributed by atoms with van der Waals surface area (Å²) in [5.74, 6) is 1.63. The summed E-state index contributed by atoms with van der Waals surface area (Å²) in [6.07, 6.45) is 1.68. The van der Waals surface area contributed by atoms with Crippen LogP contribution < -0.4 is 10.1 Å². The molecule has 0 saturated heterocycles. The smallest absolute Gasteiger partial charge is 0.291 e. The monoisotopic (exact) mass is 495 g/mol. The van der Waals surface area contributed by atoms with E-state index in [-0.39, 0.29) is 11.0 Å². The fourth-order valence-electron chi connectivity index (χ4n) is 3.47. The summed E-state index contributed by atoms with van der Waals surface area (Å²) >= 11 is 13.6. The molecular formula is C25H19Cl2N3O2S. The number of hydrogen-bond donors (Lipinski definition) is 0. The molecule has 0 saturated carbocycles. The molecule has 2 aromatic carbocycles. The van der Waals surface area contributed by atoms with Crippen LogP contribution in [0, 0.1) is 0 Å². The van der Waals surface area contributed by atoms with E-state index in [1.54, 1.807) is 36.4 Å². The predicted molar refractivity (Wildman–Crippen MR) is 134 cm³/mol. The van der Waals surface area contributed by atoms with Gasteiger partial charge in [-0.25, -0.2) is 0 Å². The van der Waals surface area contributed by atoms with Crippen LogP contribution >= 0.6 is 34.5 Å². The number of benzene rings is 2. The lowest BCUT2D eigenvalue weighted by Gasteiger charge is -2.18. The van der Waals surface area contributed by atoms with E-state index in [4.69, 9.17) is 27.6 Å². The Hall–Kier alpha value is -2.93. The molecule has 0 unspecified atom stereocenters. The first-order chi connectivity index (χ1) is 15.7. The summed E-state index contributed by atoms with van der Waals surface area (Å²) in [7, 11) is 0. The number of halogens is 2. The van der Waals surface area contributed by atoms with Gasteiger partial charge in [0.05, 0.1) is 5.02 Å². The molecule has 8 heteroatoms. The van der Waals surface area contributed by atoms with Crippen molar-refractivity contribution in [1.82, 2.24) is 14.6 Å². The van der Waals surface area contributed by atoms with Crippen LogP contribution in [-0.4, -0.2) is 14.6 Å². The number of furan rings is 1. The molecular weight excluding hydrogens is 477 g/mol. The maximum absolute atomic E-state index is 12.9. The van der Waals surface area contributed by atoms with Gasteiger partial charge in [0, 0.05) is 22.2 Å². The average molecular weight is 496 g/mol. The Morgan fingerprint density at radius 1 is 1.03 bits per heavy atom. The van der Waals surface area contributed by atoms with Crippen LogP contribution in [0.1, 0.15) is 32.1 Å². The molecule has 0 bridgehead atoms. The summed E-state index contributed by atoms with van der Waals surface area (Å²) in [4.78, 5) is 18.0. The first-order valence-electron chi connectivity index (χ1n) is 10.3.